The third kappa shape index (κ3) is 4.39. The van der Waals surface area contributed by atoms with Crippen LogP contribution in [0.3, 0.4) is 0 Å². The third-order valence-corrected chi connectivity index (χ3v) is 5.75. The van der Waals surface area contributed by atoms with E-state index in [-0.39, 0.29) is 11.5 Å². The first-order chi connectivity index (χ1) is 13.9. The summed E-state index contributed by atoms with van der Waals surface area (Å²) in [5, 5.41) is 1.80. The second-order valence-electron chi connectivity index (χ2n) is 6.31. The van der Waals surface area contributed by atoms with E-state index >= 15 is 0 Å². The number of allylic oxidation sites excluding steroid dienone is 1. The molecule has 1 aliphatic rings. The van der Waals surface area contributed by atoms with Crippen LogP contribution in [-0.4, -0.2) is 5.78 Å². The van der Waals surface area contributed by atoms with E-state index < -0.39 is 0 Å². The molecule has 0 fully saturated rings. The topological polar surface area (TPSA) is 35.5 Å². The van der Waals surface area contributed by atoms with Gasteiger partial charge in [0.25, 0.3) is 0 Å². The molecule has 0 atom stereocenters. The van der Waals surface area contributed by atoms with Crippen LogP contribution in [0.1, 0.15) is 21.5 Å². The molecule has 1 heterocycles. The molecule has 0 aromatic heterocycles. The molecule has 3 aromatic rings. The Labute approximate surface area is 187 Å². The van der Waals surface area contributed by atoms with Crippen molar-refractivity contribution in [2.24, 2.45) is 0 Å². The number of hydrogen-bond acceptors (Lipinski definition) is 3. The van der Waals surface area contributed by atoms with Crippen LogP contribution in [0.15, 0.2) is 60.4 Å². The molecule has 3 nitrogen and oxygen atoms in total. The molecule has 3 aromatic carbocycles. The van der Waals surface area contributed by atoms with Crippen LogP contribution < -0.4 is 9.47 Å². The van der Waals surface area contributed by atoms with E-state index in [4.69, 9.17) is 55.9 Å². The molecule has 0 radical (unpaired) electrons. The van der Waals surface area contributed by atoms with E-state index in [0.717, 1.165) is 5.56 Å². The normalized spacial score (nSPS) is 14.1. The van der Waals surface area contributed by atoms with E-state index in [1.165, 1.54) is 0 Å². The van der Waals surface area contributed by atoms with E-state index in [2.05, 4.69) is 0 Å². The third-order valence-electron chi connectivity index (χ3n) is 4.27. The Morgan fingerprint density at radius 3 is 2.28 bits per heavy atom. The van der Waals surface area contributed by atoms with Crippen LogP contribution >= 0.6 is 46.4 Å². The fourth-order valence-corrected chi connectivity index (χ4v) is 3.43. The molecule has 0 bridgehead atoms. The van der Waals surface area contributed by atoms with Crippen LogP contribution in [0.2, 0.25) is 20.1 Å². The predicted molar refractivity (Wildman–Crippen MR) is 117 cm³/mol. The van der Waals surface area contributed by atoms with Gasteiger partial charge in [-0.25, -0.2) is 0 Å². The van der Waals surface area contributed by atoms with E-state index in [1.807, 2.05) is 6.07 Å². The van der Waals surface area contributed by atoms with Gasteiger partial charge >= 0.3 is 0 Å². The second-order valence-corrected chi connectivity index (χ2v) is 7.94. The first kappa shape index (κ1) is 20.1. The van der Waals surface area contributed by atoms with Crippen molar-refractivity contribution in [3.63, 3.8) is 0 Å². The van der Waals surface area contributed by atoms with E-state index in [0.29, 0.717) is 49.3 Å². The van der Waals surface area contributed by atoms with Crippen molar-refractivity contribution in [3.8, 4) is 11.5 Å². The largest absolute Gasteiger partial charge is 0.489 e. The Balaban J connectivity index is 1.51. The number of ether oxygens (including phenoxy) is 2. The Morgan fingerprint density at radius 2 is 1.55 bits per heavy atom. The van der Waals surface area contributed by atoms with Crippen LogP contribution in [0.5, 0.6) is 11.5 Å². The van der Waals surface area contributed by atoms with Crippen LogP contribution in [0, 0.1) is 0 Å². The Kier molecular flexibility index (Phi) is 5.75. The highest BCUT2D eigenvalue weighted by Gasteiger charge is 2.27. The van der Waals surface area contributed by atoms with Crippen LogP contribution in [-0.2, 0) is 6.61 Å². The number of fused-ring (bicyclic) bond motifs is 1. The van der Waals surface area contributed by atoms with Gasteiger partial charge in [-0.05, 0) is 53.6 Å². The van der Waals surface area contributed by atoms with Crippen LogP contribution in [0.25, 0.3) is 6.08 Å². The summed E-state index contributed by atoms with van der Waals surface area (Å²) in [6.07, 6.45) is 1.63. The van der Waals surface area contributed by atoms with Gasteiger partial charge < -0.3 is 9.47 Å². The number of halogens is 4. The quantitative estimate of drug-likeness (QED) is 0.374. The summed E-state index contributed by atoms with van der Waals surface area (Å²) >= 11 is 23.9. The zero-order chi connectivity index (χ0) is 20.5. The highest BCUT2D eigenvalue weighted by molar-refractivity contribution is 6.42. The number of rotatable bonds is 4. The highest BCUT2D eigenvalue weighted by atomic mass is 35.5. The number of carbonyl (C=O) groups is 1. The Hall–Kier alpha value is -2.17. The number of Topliss-reactive ketones (excluding diaryl/α,β-unsaturated/α-hetero) is 1. The molecule has 146 valence electrons. The average molecular weight is 466 g/mol. The number of carbonyl (C=O) groups excluding carboxylic acids is 1. The van der Waals surface area contributed by atoms with Crippen LogP contribution in [0.4, 0.5) is 0 Å². The summed E-state index contributed by atoms with van der Waals surface area (Å²) in [4.78, 5) is 12.6. The molecule has 0 aliphatic carbocycles. The molecule has 0 saturated heterocycles. The van der Waals surface area contributed by atoms with Gasteiger partial charge in [0.2, 0.25) is 5.78 Å². The van der Waals surface area contributed by atoms with Crippen molar-refractivity contribution in [2.75, 3.05) is 0 Å². The van der Waals surface area contributed by atoms with Gasteiger partial charge in [-0.1, -0.05) is 58.5 Å². The maximum absolute atomic E-state index is 12.6. The zero-order valence-corrected chi connectivity index (χ0v) is 17.7. The lowest BCUT2D eigenvalue weighted by Crippen LogP contribution is -1.98. The van der Waals surface area contributed by atoms with Gasteiger partial charge in [0.05, 0.1) is 25.7 Å². The van der Waals surface area contributed by atoms with Gasteiger partial charge in [-0.15, -0.1) is 0 Å². The molecule has 0 spiro atoms. The minimum Gasteiger partial charge on any atom is -0.489 e. The van der Waals surface area contributed by atoms with Gasteiger partial charge in [0.1, 0.15) is 18.1 Å². The molecule has 4 rings (SSSR count). The summed E-state index contributed by atoms with van der Waals surface area (Å²) in [7, 11) is 0. The van der Waals surface area contributed by atoms with E-state index in [1.54, 1.807) is 54.6 Å². The zero-order valence-electron chi connectivity index (χ0n) is 14.7. The maximum Gasteiger partial charge on any atom is 0.231 e. The van der Waals surface area contributed by atoms with Crippen molar-refractivity contribution in [2.45, 2.75) is 6.61 Å². The molecule has 0 amide bonds. The summed E-state index contributed by atoms with van der Waals surface area (Å²) in [5.74, 6) is 1.01. The lowest BCUT2D eigenvalue weighted by molar-refractivity contribution is 0.101. The molecule has 1 aliphatic heterocycles. The molecule has 0 saturated carbocycles. The number of ketones is 1. The van der Waals surface area contributed by atoms with Gasteiger partial charge in [-0.2, -0.15) is 0 Å². The first-order valence-electron chi connectivity index (χ1n) is 8.51. The van der Waals surface area contributed by atoms with Crippen molar-refractivity contribution in [3.05, 3.63) is 97.1 Å². The lowest BCUT2D eigenvalue weighted by Gasteiger charge is -2.08. The summed E-state index contributed by atoms with van der Waals surface area (Å²) in [6, 6.07) is 15.5. The minimum absolute atomic E-state index is 0.206. The first-order valence-corrected chi connectivity index (χ1v) is 10.0. The fourth-order valence-electron chi connectivity index (χ4n) is 2.81. The Morgan fingerprint density at radius 1 is 0.828 bits per heavy atom. The summed E-state index contributed by atoms with van der Waals surface area (Å²) in [6.45, 7) is 0.301. The Bertz CT molecular complexity index is 1150. The SMILES string of the molecule is O=C1/C(=C/c2ccc(Cl)c(Cl)c2)Oc2cc(OCc3ccc(Cl)c(Cl)c3)ccc21. The summed E-state index contributed by atoms with van der Waals surface area (Å²) < 4.78 is 11.5. The molecule has 0 unspecified atom stereocenters. The summed E-state index contributed by atoms with van der Waals surface area (Å²) in [5.41, 5.74) is 2.06. The molecule has 7 heteroatoms. The van der Waals surface area contributed by atoms with Crippen molar-refractivity contribution in [1.29, 1.82) is 0 Å². The highest BCUT2D eigenvalue weighted by Crippen LogP contribution is 2.35. The second kappa shape index (κ2) is 8.29. The van der Waals surface area contributed by atoms with Gasteiger partial charge in [0, 0.05) is 6.07 Å². The molecular weight excluding hydrogens is 454 g/mol. The number of benzene rings is 3. The predicted octanol–water partition coefficient (Wildman–Crippen LogP) is 7.50. The van der Waals surface area contributed by atoms with Crippen molar-refractivity contribution in [1.82, 2.24) is 0 Å². The monoisotopic (exact) mass is 464 g/mol. The fraction of sp³-hybridized carbons (Fsp3) is 0.0455. The minimum atomic E-state index is -0.206. The maximum atomic E-state index is 12.6. The smallest absolute Gasteiger partial charge is 0.231 e. The van der Waals surface area contributed by atoms with Crippen molar-refractivity contribution < 1.29 is 14.3 Å². The lowest BCUT2D eigenvalue weighted by atomic mass is 10.1. The molecule has 29 heavy (non-hydrogen) atoms. The van der Waals surface area contributed by atoms with E-state index in [9.17, 15) is 4.79 Å². The molecule has 0 N–H and O–H groups in total. The molecular formula is C22H12Cl4O3. The van der Waals surface area contributed by atoms with Gasteiger partial charge in [-0.3, -0.25) is 4.79 Å². The standard InChI is InChI=1S/C22H12Cl4O3/c23-16-5-1-12(7-18(16)25)9-21-22(27)15-4-3-14(10-20(15)29-21)28-11-13-2-6-17(24)19(26)8-13/h1-10H,11H2/b21-9-. The number of hydrogen-bond donors (Lipinski definition) is 0. The average Bonchev–Trinajstić information content (AvgIpc) is 3.00. The van der Waals surface area contributed by atoms with Gasteiger partial charge in [0.15, 0.2) is 5.76 Å². The van der Waals surface area contributed by atoms with Crippen molar-refractivity contribution >= 4 is 58.3 Å².